The molecule has 0 bridgehead atoms. The van der Waals surface area contributed by atoms with Gasteiger partial charge >= 0.3 is 5.97 Å². The molecular formula is C27H26N2O5S. The van der Waals surface area contributed by atoms with Gasteiger partial charge in [-0.1, -0.05) is 71.4 Å². The van der Waals surface area contributed by atoms with Crippen molar-refractivity contribution in [1.29, 1.82) is 0 Å². The Hall–Kier alpha value is -3.75. The Balaban J connectivity index is 1.56. The Labute approximate surface area is 207 Å². The van der Waals surface area contributed by atoms with E-state index >= 15 is 0 Å². The van der Waals surface area contributed by atoms with Crippen molar-refractivity contribution in [2.24, 2.45) is 5.16 Å². The van der Waals surface area contributed by atoms with Crippen LogP contribution in [-0.2, 0) is 21.0 Å². The van der Waals surface area contributed by atoms with E-state index in [1.807, 2.05) is 86.0 Å². The third kappa shape index (κ3) is 6.65. The number of hydrogen-bond acceptors (Lipinski definition) is 7. The van der Waals surface area contributed by atoms with Gasteiger partial charge in [-0.3, -0.25) is 4.79 Å². The zero-order valence-electron chi connectivity index (χ0n) is 19.5. The fourth-order valence-electron chi connectivity index (χ4n) is 3.34. The summed E-state index contributed by atoms with van der Waals surface area (Å²) in [4.78, 5) is 22.6. The van der Waals surface area contributed by atoms with E-state index in [1.54, 1.807) is 11.3 Å². The molecule has 1 atom stereocenters. The van der Waals surface area contributed by atoms with Gasteiger partial charge in [0, 0.05) is 12.0 Å². The van der Waals surface area contributed by atoms with Gasteiger partial charge in [-0.25, -0.2) is 4.98 Å². The molecule has 0 aliphatic heterocycles. The topological polar surface area (TPSA) is 94.2 Å². The summed E-state index contributed by atoms with van der Waals surface area (Å²) in [5.74, 6) is 0.330. The minimum atomic E-state index is -0.900. The lowest BCUT2D eigenvalue weighted by Crippen LogP contribution is -2.11. The van der Waals surface area contributed by atoms with E-state index in [9.17, 15) is 4.79 Å². The van der Waals surface area contributed by atoms with Crippen LogP contribution in [0.2, 0.25) is 0 Å². The van der Waals surface area contributed by atoms with Crippen LogP contribution in [0.25, 0.3) is 10.8 Å². The van der Waals surface area contributed by atoms with Crippen LogP contribution in [0.5, 0.6) is 0 Å². The molecule has 4 rings (SSSR count). The molecule has 1 N–H and O–H groups in total. The summed E-state index contributed by atoms with van der Waals surface area (Å²) in [7, 11) is 0. The van der Waals surface area contributed by atoms with Gasteiger partial charge in [0.25, 0.3) is 6.29 Å². The van der Waals surface area contributed by atoms with Crippen molar-refractivity contribution >= 4 is 23.0 Å². The van der Waals surface area contributed by atoms with E-state index in [2.05, 4.69) is 10.1 Å². The monoisotopic (exact) mass is 490 g/mol. The van der Waals surface area contributed by atoms with Crippen LogP contribution in [-0.4, -0.2) is 21.8 Å². The van der Waals surface area contributed by atoms with E-state index in [0.29, 0.717) is 23.1 Å². The van der Waals surface area contributed by atoms with Crippen LogP contribution in [0.1, 0.15) is 47.3 Å². The summed E-state index contributed by atoms with van der Waals surface area (Å²) < 4.78 is 11.9. The molecule has 4 aromatic rings. The Morgan fingerprint density at radius 3 is 2.51 bits per heavy atom. The molecule has 35 heavy (non-hydrogen) atoms. The van der Waals surface area contributed by atoms with E-state index < -0.39 is 12.3 Å². The molecule has 0 aliphatic carbocycles. The Kier molecular flexibility index (Phi) is 8.07. The van der Waals surface area contributed by atoms with Gasteiger partial charge in [0.05, 0.1) is 23.6 Å². The zero-order chi connectivity index (χ0) is 24.6. The molecule has 0 radical (unpaired) electrons. The van der Waals surface area contributed by atoms with Crippen molar-refractivity contribution in [1.82, 2.24) is 4.98 Å². The fraction of sp³-hybridized carbons (Fsp3) is 0.222. The molecule has 1 unspecified atom stereocenters. The number of oxazole rings is 1. The van der Waals surface area contributed by atoms with Crippen molar-refractivity contribution in [3.05, 3.63) is 100 Å². The highest BCUT2D eigenvalue weighted by Crippen LogP contribution is 2.28. The minimum Gasteiger partial charge on any atom is -0.481 e. The van der Waals surface area contributed by atoms with E-state index in [-0.39, 0.29) is 19.4 Å². The van der Waals surface area contributed by atoms with E-state index in [1.165, 1.54) is 0 Å². The van der Waals surface area contributed by atoms with Gasteiger partial charge in [-0.15, -0.1) is 11.3 Å². The molecular weight excluding hydrogens is 464 g/mol. The summed E-state index contributed by atoms with van der Waals surface area (Å²) in [6, 6.07) is 21.1. The standard InChI is InChI=1S/C27H26N2O5S/c1-18-10-12-21(13-11-18)27(32-17-23-19(2)33-26(28-23)24-9-6-16-35-24)34-29-22(14-15-25(30)31)20-7-4-3-5-8-20/h3-13,16,27H,14-15,17H2,1-2H3,(H,30,31)/b29-22+. The van der Waals surface area contributed by atoms with Gasteiger partial charge in [-0.2, -0.15) is 0 Å². The number of ether oxygens (including phenoxy) is 1. The Morgan fingerprint density at radius 2 is 1.83 bits per heavy atom. The normalized spacial score (nSPS) is 12.5. The minimum absolute atomic E-state index is 0.0588. The molecule has 180 valence electrons. The van der Waals surface area contributed by atoms with Gasteiger partial charge in [0.1, 0.15) is 11.5 Å². The molecule has 0 amide bonds. The number of rotatable bonds is 11. The molecule has 2 aromatic heterocycles. The molecule has 0 fully saturated rings. The SMILES string of the molecule is Cc1ccc(C(OCc2nc(-c3cccs3)oc2C)O/N=C(\CCC(=O)O)c2ccccc2)cc1. The molecule has 0 saturated heterocycles. The van der Waals surface area contributed by atoms with E-state index in [4.69, 9.17) is 19.1 Å². The third-order valence-electron chi connectivity index (χ3n) is 5.29. The number of aryl methyl sites for hydroxylation is 2. The maximum Gasteiger partial charge on any atom is 0.303 e. The first-order valence-corrected chi connectivity index (χ1v) is 12.1. The highest BCUT2D eigenvalue weighted by atomic mass is 32.1. The number of carboxylic acids is 1. The largest absolute Gasteiger partial charge is 0.481 e. The van der Waals surface area contributed by atoms with Crippen molar-refractivity contribution in [3.63, 3.8) is 0 Å². The Morgan fingerprint density at radius 1 is 1.06 bits per heavy atom. The first-order chi connectivity index (χ1) is 17.0. The van der Waals surface area contributed by atoms with Crippen LogP contribution < -0.4 is 0 Å². The van der Waals surface area contributed by atoms with Crippen LogP contribution in [0.3, 0.4) is 0 Å². The highest BCUT2D eigenvalue weighted by molar-refractivity contribution is 7.13. The van der Waals surface area contributed by atoms with Gasteiger partial charge < -0.3 is 19.1 Å². The molecule has 0 spiro atoms. The lowest BCUT2D eigenvalue weighted by Gasteiger charge is -2.17. The summed E-state index contributed by atoms with van der Waals surface area (Å²) >= 11 is 1.56. The van der Waals surface area contributed by atoms with Crippen molar-refractivity contribution in [2.75, 3.05) is 0 Å². The zero-order valence-corrected chi connectivity index (χ0v) is 20.3. The average Bonchev–Trinajstić information content (AvgIpc) is 3.52. The molecule has 0 saturated carbocycles. The lowest BCUT2D eigenvalue weighted by atomic mass is 10.1. The van der Waals surface area contributed by atoms with Crippen LogP contribution in [0.4, 0.5) is 0 Å². The number of thiophene rings is 1. The predicted octanol–water partition coefficient (Wildman–Crippen LogP) is 6.52. The second kappa shape index (κ2) is 11.6. The maximum atomic E-state index is 11.2. The first kappa shape index (κ1) is 24.4. The third-order valence-corrected chi connectivity index (χ3v) is 6.14. The number of aromatic nitrogens is 1. The van der Waals surface area contributed by atoms with Crippen LogP contribution in [0, 0.1) is 13.8 Å². The fourth-order valence-corrected chi connectivity index (χ4v) is 3.99. The summed E-state index contributed by atoms with van der Waals surface area (Å²) in [5.41, 5.74) is 3.89. The lowest BCUT2D eigenvalue weighted by molar-refractivity contribution is -0.155. The number of aliphatic carboxylic acids is 1. The first-order valence-electron chi connectivity index (χ1n) is 11.2. The van der Waals surface area contributed by atoms with E-state index in [0.717, 1.165) is 21.6 Å². The quantitative estimate of drug-likeness (QED) is 0.146. The summed E-state index contributed by atoms with van der Waals surface area (Å²) in [6.45, 7) is 4.01. The van der Waals surface area contributed by atoms with Gasteiger partial charge in [0.15, 0.2) is 0 Å². The summed E-state index contributed by atoms with van der Waals surface area (Å²) in [5, 5.41) is 15.5. The van der Waals surface area contributed by atoms with Crippen molar-refractivity contribution in [3.8, 4) is 10.8 Å². The maximum absolute atomic E-state index is 11.2. The van der Waals surface area contributed by atoms with Gasteiger partial charge in [0.2, 0.25) is 5.89 Å². The highest BCUT2D eigenvalue weighted by Gasteiger charge is 2.19. The predicted molar refractivity (Wildman–Crippen MR) is 134 cm³/mol. The number of carbonyl (C=O) groups is 1. The molecule has 7 nitrogen and oxygen atoms in total. The molecule has 2 aromatic carbocycles. The van der Waals surface area contributed by atoms with Gasteiger partial charge in [-0.05, 0) is 30.9 Å². The summed E-state index contributed by atoms with van der Waals surface area (Å²) in [6.07, 6.45) is -0.649. The Bertz CT molecular complexity index is 1260. The van der Waals surface area contributed by atoms with Crippen molar-refractivity contribution in [2.45, 2.75) is 39.6 Å². The average molecular weight is 491 g/mol. The number of nitrogens with zero attached hydrogens (tertiary/aromatic N) is 2. The van der Waals surface area contributed by atoms with Crippen LogP contribution >= 0.6 is 11.3 Å². The number of hydrogen-bond donors (Lipinski definition) is 1. The number of carboxylic acid groups (broad SMARTS) is 1. The van der Waals surface area contributed by atoms with Crippen molar-refractivity contribution < 1.29 is 23.9 Å². The number of oxime groups is 1. The second-order valence-corrected chi connectivity index (χ2v) is 8.90. The van der Waals surface area contributed by atoms with Crippen LogP contribution in [0.15, 0.2) is 81.7 Å². The molecule has 2 heterocycles. The molecule has 0 aliphatic rings. The molecule has 8 heteroatoms. The smallest absolute Gasteiger partial charge is 0.303 e. The second-order valence-electron chi connectivity index (χ2n) is 7.96. The number of benzene rings is 2.